The van der Waals surface area contributed by atoms with Crippen molar-refractivity contribution in [2.24, 2.45) is 0 Å². The maximum absolute atomic E-state index is 5.39. The van der Waals surface area contributed by atoms with Crippen molar-refractivity contribution in [2.45, 2.75) is 0 Å². The van der Waals surface area contributed by atoms with Crippen molar-refractivity contribution in [1.82, 2.24) is 23.7 Å². The van der Waals surface area contributed by atoms with Gasteiger partial charge in [-0.25, -0.2) is 9.97 Å². The molecule has 0 saturated heterocycles. The van der Waals surface area contributed by atoms with E-state index in [1.165, 1.54) is 16.3 Å². The molecule has 11 aromatic rings. The van der Waals surface area contributed by atoms with E-state index in [2.05, 4.69) is 190 Å². The molecule has 0 fully saturated rings. The largest absolute Gasteiger partial charge is 0.316 e. The highest BCUT2D eigenvalue weighted by Gasteiger charge is 2.23. The standard InChI is InChI=1S/C48H31N5/c1-5-15-32(16-6-1)41-30-42(33-17-7-2-8-18-33)50-48(49-41)53-46-31-45-39(36-23-13-14-24-44(36)52(45)35-21-11-4-12-22-35)29-40(46)37-25-26-43-38(47(37)53)27-28-51(43)34-19-9-3-10-20-34/h1-31H. The van der Waals surface area contributed by atoms with Gasteiger partial charge < -0.3 is 9.13 Å². The second kappa shape index (κ2) is 11.7. The summed E-state index contributed by atoms with van der Waals surface area (Å²) >= 11 is 0. The van der Waals surface area contributed by atoms with E-state index in [9.17, 15) is 0 Å². The lowest BCUT2D eigenvalue weighted by Gasteiger charge is -2.13. The molecule has 0 N–H and O–H groups in total. The van der Waals surface area contributed by atoms with Gasteiger partial charge in [0.15, 0.2) is 0 Å². The highest BCUT2D eigenvalue weighted by Crippen LogP contribution is 2.42. The van der Waals surface area contributed by atoms with Gasteiger partial charge in [0.2, 0.25) is 5.95 Å². The van der Waals surface area contributed by atoms with Gasteiger partial charge in [-0.15, -0.1) is 0 Å². The molecule has 0 aliphatic carbocycles. The van der Waals surface area contributed by atoms with Crippen LogP contribution in [0.5, 0.6) is 0 Å². The van der Waals surface area contributed by atoms with Crippen LogP contribution in [0.2, 0.25) is 0 Å². The fourth-order valence-electron chi connectivity index (χ4n) is 8.11. The molecule has 0 radical (unpaired) electrons. The maximum Gasteiger partial charge on any atom is 0.235 e. The van der Waals surface area contributed by atoms with Gasteiger partial charge in [-0.1, -0.05) is 121 Å². The molecule has 5 heteroatoms. The summed E-state index contributed by atoms with van der Waals surface area (Å²) in [7, 11) is 0. The molecule has 0 amide bonds. The number of hydrogen-bond donors (Lipinski definition) is 0. The number of hydrogen-bond acceptors (Lipinski definition) is 2. The normalized spacial score (nSPS) is 11.8. The second-order valence-electron chi connectivity index (χ2n) is 13.5. The Balaban J connectivity index is 1.31. The second-order valence-corrected chi connectivity index (χ2v) is 13.5. The minimum atomic E-state index is 0.631. The number of para-hydroxylation sites is 3. The average Bonchev–Trinajstić information content (AvgIpc) is 3.91. The van der Waals surface area contributed by atoms with E-state index in [-0.39, 0.29) is 0 Å². The SMILES string of the molecule is c1ccc(-c2cc(-c3ccccc3)nc(-n3c4cc5c(cc4c4ccc6c(ccn6-c6ccccc6)c43)c3ccccc3n5-c3ccccc3)n2)cc1. The van der Waals surface area contributed by atoms with Gasteiger partial charge in [0.1, 0.15) is 0 Å². The zero-order valence-corrected chi connectivity index (χ0v) is 28.6. The summed E-state index contributed by atoms with van der Waals surface area (Å²) in [5, 5.41) is 5.89. The molecule has 7 aromatic carbocycles. The quantitative estimate of drug-likeness (QED) is 0.182. The van der Waals surface area contributed by atoms with Crippen LogP contribution >= 0.6 is 0 Å². The van der Waals surface area contributed by atoms with E-state index >= 15 is 0 Å². The molecule has 0 aliphatic rings. The summed E-state index contributed by atoms with van der Waals surface area (Å²) in [5.74, 6) is 0.631. The van der Waals surface area contributed by atoms with Crippen molar-refractivity contribution in [3.05, 3.63) is 188 Å². The predicted molar refractivity (Wildman–Crippen MR) is 218 cm³/mol. The Morgan fingerprint density at radius 3 is 1.58 bits per heavy atom. The van der Waals surface area contributed by atoms with E-state index in [0.29, 0.717) is 5.95 Å². The van der Waals surface area contributed by atoms with Crippen LogP contribution in [0.1, 0.15) is 0 Å². The molecule has 0 saturated carbocycles. The fourth-order valence-corrected chi connectivity index (χ4v) is 8.11. The van der Waals surface area contributed by atoms with E-state index in [1.807, 2.05) is 12.1 Å². The molecule has 4 heterocycles. The number of fused-ring (bicyclic) bond motifs is 8. The highest BCUT2D eigenvalue weighted by atomic mass is 15.2. The van der Waals surface area contributed by atoms with Crippen molar-refractivity contribution < 1.29 is 0 Å². The first-order valence-corrected chi connectivity index (χ1v) is 17.9. The number of nitrogens with zero attached hydrogens (tertiary/aromatic N) is 5. The summed E-state index contributed by atoms with van der Waals surface area (Å²) in [6, 6.07) is 64.3. The smallest absolute Gasteiger partial charge is 0.235 e. The fraction of sp³-hybridized carbons (Fsp3) is 0. The first-order valence-electron chi connectivity index (χ1n) is 17.9. The minimum Gasteiger partial charge on any atom is -0.316 e. The number of aromatic nitrogens is 5. The van der Waals surface area contributed by atoms with Gasteiger partial charge in [-0.05, 0) is 60.7 Å². The maximum atomic E-state index is 5.39. The molecule has 0 unspecified atom stereocenters. The molecular weight excluding hydrogens is 647 g/mol. The van der Waals surface area contributed by atoms with E-state index in [1.54, 1.807) is 0 Å². The van der Waals surface area contributed by atoms with E-state index in [4.69, 9.17) is 9.97 Å². The number of rotatable bonds is 5. The van der Waals surface area contributed by atoms with Crippen LogP contribution in [0.15, 0.2) is 188 Å². The van der Waals surface area contributed by atoms with Crippen LogP contribution in [0.25, 0.3) is 94.4 Å². The van der Waals surface area contributed by atoms with Gasteiger partial charge in [-0.2, -0.15) is 0 Å². The monoisotopic (exact) mass is 677 g/mol. The number of benzene rings is 7. The Kier molecular flexibility index (Phi) is 6.48. The summed E-state index contributed by atoms with van der Waals surface area (Å²) in [5.41, 5.74) is 11.6. The van der Waals surface area contributed by atoms with Crippen LogP contribution in [0.3, 0.4) is 0 Å². The Bertz CT molecular complexity index is 3080. The molecule has 0 atom stereocenters. The molecular formula is C48H31N5. The molecule has 5 nitrogen and oxygen atoms in total. The summed E-state index contributed by atoms with van der Waals surface area (Å²) in [6.45, 7) is 0. The van der Waals surface area contributed by atoms with Crippen molar-refractivity contribution in [2.75, 3.05) is 0 Å². The third-order valence-electron chi connectivity index (χ3n) is 10.5. The lowest BCUT2D eigenvalue weighted by Crippen LogP contribution is -2.04. The van der Waals surface area contributed by atoms with E-state index < -0.39 is 0 Å². The van der Waals surface area contributed by atoms with E-state index in [0.717, 1.165) is 72.1 Å². The third-order valence-corrected chi connectivity index (χ3v) is 10.5. The first kappa shape index (κ1) is 29.5. The van der Waals surface area contributed by atoms with Gasteiger partial charge in [0.25, 0.3) is 0 Å². The summed E-state index contributed by atoms with van der Waals surface area (Å²) < 4.78 is 6.94. The topological polar surface area (TPSA) is 40.6 Å². The van der Waals surface area contributed by atoms with Crippen molar-refractivity contribution >= 4 is 54.5 Å². The molecule has 53 heavy (non-hydrogen) atoms. The van der Waals surface area contributed by atoms with Crippen molar-refractivity contribution in [3.63, 3.8) is 0 Å². The van der Waals surface area contributed by atoms with Crippen LogP contribution in [-0.4, -0.2) is 23.7 Å². The molecule has 0 aliphatic heterocycles. The first-order chi connectivity index (χ1) is 26.3. The van der Waals surface area contributed by atoms with Crippen LogP contribution in [0, 0.1) is 0 Å². The van der Waals surface area contributed by atoms with Crippen molar-refractivity contribution in [1.29, 1.82) is 0 Å². The molecule has 248 valence electrons. The molecule has 4 aromatic heterocycles. The van der Waals surface area contributed by atoms with Crippen LogP contribution in [0.4, 0.5) is 0 Å². The molecule has 0 spiro atoms. The highest BCUT2D eigenvalue weighted by molar-refractivity contribution is 6.23. The minimum absolute atomic E-state index is 0.631. The summed E-state index contributed by atoms with van der Waals surface area (Å²) in [6.07, 6.45) is 2.17. The van der Waals surface area contributed by atoms with Gasteiger partial charge >= 0.3 is 0 Å². The van der Waals surface area contributed by atoms with Gasteiger partial charge in [0, 0.05) is 55.6 Å². The Morgan fingerprint density at radius 1 is 0.340 bits per heavy atom. The lowest BCUT2D eigenvalue weighted by molar-refractivity contribution is 0.998. The predicted octanol–water partition coefficient (Wildman–Crippen LogP) is 11.9. The van der Waals surface area contributed by atoms with Gasteiger partial charge in [0.05, 0.1) is 39.0 Å². The van der Waals surface area contributed by atoms with Crippen molar-refractivity contribution in [3.8, 4) is 39.8 Å². The zero-order chi connectivity index (χ0) is 34.9. The Labute approximate surface area is 305 Å². The Morgan fingerprint density at radius 2 is 0.906 bits per heavy atom. The third kappa shape index (κ3) is 4.57. The van der Waals surface area contributed by atoms with Crippen LogP contribution in [-0.2, 0) is 0 Å². The molecule has 11 rings (SSSR count). The zero-order valence-electron chi connectivity index (χ0n) is 28.6. The van der Waals surface area contributed by atoms with Gasteiger partial charge in [-0.3, -0.25) is 4.57 Å². The lowest BCUT2D eigenvalue weighted by atomic mass is 10.1. The Hall–Kier alpha value is -7.24. The van der Waals surface area contributed by atoms with Crippen LogP contribution < -0.4 is 0 Å². The molecule has 0 bridgehead atoms. The summed E-state index contributed by atoms with van der Waals surface area (Å²) in [4.78, 5) is 10.8. The average molecular weight is 678 g/mol.